The highest BCUT2D eigenvalue weighted by Crippen LogP contribution is 2.28. The molecule has 8 heteroatoms. The summed E-state index contributed by atoms with van der Waals surface area (Å²) in [5, 5.41) is 4.08. The summed E-state index contributed by atoms with van der Waals surface area (Å²) < 4.78 is 11.4. The molecule has 2 aromatic carbocycles. The summed E-state index contributed by atoms with van der Waals surface area (Å²) in [4.78, 5) is 24.2. The van der Waals surface area contributed by atoms with Gasteiger partial charge in [-0.05, 0) is 43.3 Å². The minimum atomic E-state index is -0.716. The first-order valence-electron chi connectivity index (χ1n) is 7.46. The van der Waals surface area contributed by atoms with Gasteiger partial charge in [-0.25, -0.2) is 4.79 Å². The lowest BCUT2D eigenvalue weighted by atomic mass is 10.1. The number of fused-ring (bicyclic) bond motifs is 1. The Morgan fingerprint density at radius 1 is 1.19 bits per heavy atom. The summed E-state index contributed by atoms with van der Waals surface area (Å²) >= 11 is 15.2. The van der Waals surface area contributed by atoms with E-state index in [9.17, 15) is 9.59 Å². The third-order valence-electron chi connectivity index (χ3n) is 3.62. The maximum atomic E-state index is 12.2. The zero-order valence-corrected chi connectivity index (χ0v) is 16.5. The molecule has 0 radical (unpaired) electrons. The third-order valence-corrected chi connectivity index (χ3v) is 4.66. The molecule has 3 rings (SSSR count). The fourth-order valence-corrected chi connectivity index (χ4v) is 3.18. The van der Waals surface area contributed by atoms with Crippen molar-refractivity contribution in [3.63, 3.8) is 0 Å². The van der Waals surface area contributed by atoms with E-state index < -0.39 is 18.5 Å². The molecule has 1 N–H and O–H groups in total. The average Bonchev–Trinajstić information content (AvgIpc) is 2.92. The van der Waals surface area contributed by atoms with Crippen LogP contribution in [0, 0.1) is 6.92 Å². The van der Waals surface area contributed by atoms with Crippen LogP contribution in [0.4, 0.5) is 5.69 Å². The zero-order chi connectivity index (χ0) is 18.8. The Kier molecular flexibility index (Phi) is 5.55. The highest BCUT2D eigenvalue weighted by Gasteiger charge is 2.20. The number of carbonyl (C=O) groups is 2. The highest BCUT2D eigenvalue weighted by atomic mass is 79.9. The van der Waals surface area contributed by atoms with Crippen LogP contribution in [0.3, 0.4) is 0 Å². The van der Waals surface area contributed by atoms with Crippen molar-refractivity contribution in [2.24, 2.45) is 0 Å². The van der Waals surface area contributed by atoms with Gasteiger partial charge in [-0.15, -0.1) is 0 Å². The summed E-state index contributed by atoms with van der Waals surface area (Å²) in [5.74, 6) is -1.18. The predicted molar refractivity (Wildman–Crippen MR) is 104 cm³/mol. The molecular formula is C18H12BrCl2NO4. The maximum Gasteiger partial charge on any atom is 0.375 e. The topological polar surface area (TPSA) is 68.5 Å². The van der Waals surface area contributed by atoms with Gasteiger partial charge in [0.25, 0.3) is 5.91 Å². The van der Waals surface area contributed by atoms with Crippen LogP contribution in [-0.2, 0) is 9.53 Å². The van der Waals surface area contributed by atoms with Gasteiger partial charge in [-0.2, -0.15) is 0 Å². The number of nitrogens with one attached hydrogen (secondary N) is 1. The Hall–Kier alpha value is -2.02. The van der Waals surface area contributed by atoms with E-state index in [1.54, 1.807) is 25.1 Å². The lowest BCUT2D eigenvalue weighted by Crippen LogP contribution is -2.21. The average molecular weight is 457 g/mol. The number of ether oxygens (including phenoxy) is 1. The Balaban J connectivity index is 1.67. The monoisotopic (exact) mass is 455 g/mol. The first kappa shape index (κ1) is 18.8. The standard InChI is InChI=1S/C18H12BrCl2NO4/c1-9-12-6-10(19)2-5-15(12)26-17(9)18(24)25-8-16(23)22-14-4-3-11(20)7-13(14)21/h2-7H,8H2,1H3,(H,22,23). The van der Waals surface area contributed by atoms with Crippen molar-refractivity contribution in [3.05, 3.63) is 62.2 Å². The summed E-state index contributed by atoms with van der Waals surface area (Å²) in [5.41, 5.74) is 1.59. The van der Waals surface area contributed by atoms with Crippen LogP contribution in [0.25, 0.3) is 11.0 Å². The number of esters is 1. The van der Waals surface area contributed by atoms with Crippen molar-refractivity contribution < 1.29 is 18.7 Å². The second-order valence-corrected chi connectivity index (χ2v) is 7.20. The number of carbonyl (C=O) groups excluding carboxylic acids is 2. The van der Waals surface area contributed by atoms with Gasteiger partial charge in [0.2, 0.25) is 5.76 Å². The van der Waals surface area contributed by atoms with Crippen LogP contribution >= 0.6 is 39.1 Å². The predicted octanol–water partition coefficient (Wildman–Crippen LogP) is 5.61. The van der Waals surface area contributed by atoms with Gasteiger partial charge in [0.05, 0.1) is 10.7 Å². The Morgan fingerprint density at radius 3 is 2.69 bits per heavy atom. The molecule has 0 bridgehead atoms. The first-order valence-corrected chi connectivity index (χ1v) is 9.00. The number of anilines is 1. The maximum absolute atomic E-state index is 12.2. The smallest absolute Gasteiger partial charge is 0.375 e. The van der Waals surface area contributed by atoms with Crippen molar-refractivity contribution >= 4 is 67.7 Å². The summed E-state index contributed by atoms with van der Waals surface area (Å²) in [6.07, 6.45) is 0. The highest BCUT2D eigenvalue weighted by molar-refractivity contribution is 9.10. The minimum absolute atomic E-state index is 0.0652. The summed E-state index contributed by atoms with van der Waals surface area (Å²) in [7, 11) is 0. The molecule has 26 heavy (non-hydrogen) atoms. The largest absolute Gasteiger partial charge is 0.450 e. The van der Waals surface area contributed by atoms with Gasteiger partial charge >= 0.3 is 5.97 Å². The van der Waals surface area contributed by atoms with E-state index in [4.69, 9.17) is 32.4 Å². The molecule has 0 aliphatic rings. The fraction of sp³-hybridized carbons (Fsp3) is 0.111. The normalized spacial score (nSPS) is 10.8. The van der Waals surface area contributed by atoms with E-state index in [0.29, 0.717) is 21.9 Å². The van der Waals surface area contributed by atoms with Crippen molar-refractivity contribution in [1.82, 2.24) is 0 Å². The number of aryl methyl sites for hydroxylation is 1. The van der Waals surface area contributed by atoms with Crippen LogP contribution in [0.15, 0.2) is 45.3 Å². The molecule has 3 aromatic rings. The van der Waals surface area contributed by atoms with Crippen LogP contribution in [0.1, 0.15) is 16.1 Å². The number of benzene rings is 2. The number of furan rings is 1. The van der Waals surface area contributed by atoms with Gasteiger partial charge < -0.3 is 14.5 Å². The number of amides is 1. The van der Waals surface area contributed by atoms with Crippen molar-refractivity contribution in [2.45, 2.75) is 6.92 Å². The van der Waals surface area contributed by atoms with Crippen LogP contribution in [0.5, 0.6) is 0 Å². The van der Waals surface area contributed by atoms with Crippen LogP contribution < -0.4 is 5.32 Å². The lowest BCUT2D eigenvalue weighted by molar-refractivity contribution is -0.119. The first-order chi connectivity index (χ1) is 12.3. The second-order valence-electron chi connectivity index (χ2n) is 5.45. The third kappa shape index (κ3) is 4.03. The van der Waals surface area contributed by atoms with E-state index in [0.717, 1.165) is 9.86 Å². The van der Waals surface area contributed by atoms with Gasteiger partial charge in [0.15, 0.2) is 6.61 Å². The molecule has 0 atom stereocenters. The summed E-state index contributed by atoms with van der Waals surface area (Å²) in [6.45, 7) is 1.28. The number of hydrogen-bond acceptors (Lipinski definition) is 4. The molecule has 1 amide bonds. The van der Waals surface area contributed by atoms with Crippen molar-refractivity contribution in [3.8, 4) is 0 Å². The van der Waals surface area contributed by atoms with Crippen LogP contribution in [-0.4, -0.2) is 18.5 Å². The molecule has 134 valence electrons. The van der Waals surface area contributed by atoms with Gasteiger partial charge in [-0.1, -0.05) is 39.1 Å². The lowest BCUT2D eigenvalue weighted by Gasteiger charge is -2.08. The SMILES string of the molecule is Cc1c(C(=O)OCC(=O)Nc2ccc(Cl)cc2Cl)oc2ccc(Br)cc12. The van der Waals surface area contributed by atoms with E-state index in [2.05, 4.69) is 21.2 Å². The zero-order valence-electron chi connectivity index (χ0n) is 13.4. The van der Waals surface area contributed by atoms with Crippen LogP contribution in [0.2, 0.25) is 10.0 Å². The molecule has 1 heterocycles. The number of halogens is 3. The molecule has 0 saturated carbocycles. The molecule has 5 nitrogen and oxygen atoms in total. The summed E-state index contributed by atoms with van der Waals surface area (Å²) in [6, 6.07) is 10.1. The van der Waals surface area contributed by atoms with Gasteiger partial charge in [0, 0.05) is 20.4 Å². The van der Waals surface area contributed by atoms with E-state index >= 15 is 0 Å². The van der Waals surface area contributed by atoms with Crippen molar-refractivity contribution in [1.29, 1.82) is 0 Å². The molecule has 0 saturated heterocycles. The number of hydrogen-bond donors (Lipinski definition) is 1. The fourth-order valence-electron chi connectivity index (χ4n) is 2.36. The molecule has 0 aliphatic heterocycles. The molecule has 0 spiro atoms. The Labute approximate surface area is 167 Å². The molecule has 1 aromatic heterocycles. The second kappa shape index (κ2) is 7.70. The van der Waals surface area contributed by atoms with Gasteiger partial charge in [0.1, 0.15) is 5.58 Å². The van der Waals surface area contributed by atoms with Crippen molar-refractivity contribution in [2.75, 3.05) is 11.9 Å². The molecular weight excluding hydrogens is 445 g/mol. The van der Waals surface area contributed by atoms with E-state index in [1.165, 1.54) is 6.07 Å². The quantitative estimate of drug-likeness (QED) is 0.518. The van der Waals surface area contributed by atoms with E-state index in [-0.39, 0.29) is 10.8 Å². The Morgan fingerprint density at radius 2 is 1.96 bits per heavy atom. The Bertz CT molecular complexity index is 1020. The van der Waals surface area contributed by atoms with E-state index in [1.807, 2.05) is 12.1 Å². The molecule has 0 aliphatic carbocycles. The molecule has 0 unspecified atom stereocenters. The molecule has 0 fully saturated rings. The van der Waals surface area contributed by atoms with Gasteiger partial charge in [-0.3, -0.25) is 4.79 Å². The number of rotatable bonds is 4. The minimum Gasteiger partial charge on any atom is -0.450 e.